The molecule has 3 rings (SSSR count). The van der Waals surface area contributed by atoms with Crippen LogP contribution in [0, 0.1) is 6.92 Å². The molecular weight excluding hydrogens is 394 g/mol. The molecule has 0 saturated carbocycles. The molecule has 0 aliphatic heterocycles. The first-order valence-electron chi connectivity index (χ1n) is 9.26. The molecule has 1 aromatic heterocycles. The Labute approximate surface area is 168 Å². The average Bonchev–Trinajstić information content (AvgIpc) is 2.97. The lowest BCUT2D eigenvalue weighted by molar-refractivity contribution is -0.116. The summed E-state index contributed by atoms with van der Waals surface area (Å²) in [6.07, 6.45) is 0. The van der Waals surface area contributed by atoms with Crippen LogP contribution in [0.1, 0.15) is 19.4 Å². The third-order valence-electron chi connectivity index (χ3n) is 4.59. The van der Waals surface area contributed by atoms with Crippen molar-refractivity contribution in [1.82, 2.24) is 8.87 Å². The van der Waals surface area contributed by atoms with E-state index < -0.39 is 21.7 Å². The first-order chi connectivity index (χ1) is 13.8. The van der Waals surface area contributed by atoms with Gasteiger partial charge in [-0.3, -0.25) is 9.36 Å². The van der Waals surface area contributed by atoms with Crippen LogP contribution in [-0.2, 0) is 21.4 Å². The maximum absolute atomic E-state index is 12.7. The van der Waals surface area contributed by atoms with E-state index in [0.29, 0.717) is 29.9 Å². The lowest BCUT2D eigenvalue weighted by Crippen LogP contribution is -2.30. The largest absolute Gasteiger partial charge is 0.420 e. The first-order valence-corrected chi connectivity index (χ1v) is 10.7. The second-order valence-electron chi connectivity index (χ2n) is 6.59. The number of hydrogen-bond donors (Lipinski definition) is 1. The second kappa shape index (κ2) is 8.22. The lowest BCUT2D eigenvalue weighted by Gasteiger charge is -2.18. The van der Waals surface area contributed by atoms with Crippen molar-refractivity contribution in [2.24, 2.45) is 0 Å². The molecular formula is C20H23N3O5S. The van der Waals surface area contributed by atoms with Crippen LogP contribution in [0.3, 0.4) is 0 Å². The molecule has 1 N–H and O–H groups in total. The van der Waals surface area contributed by atoms with E-state index in [0.717, 1.165) is 5.56 Å². The summed E-state index contributed by atoms with van der Waals surface area (Å²) in [6.45, 7) is 5.87. The van der Waals surface area contributed by atoms with Crippen LogP contribution in [0.15, 0.2) is 56.6 Å². The van der Waals surface area contributed by atoms with E-state index in [4.69, 9.17) is 4.42 Å². The summed E-state index contributed by atoms with van der Waals surface area (Å²) in [7, 11) is -3.64. The zero-order chi connectivity index (χ0) is 21.2. The highest BCUT2D eigenvalue weighted by molar-refractivity contribution is 7.89. The molecule has 0 radical (unpaired) electrons. The fourth-order valence-corrected chi connectivity index (χ4v) is 4.62. The molecule has 0 spiro atoms. The Kier molecular flexibility index (Phi) is 5.90. The predicted octanol–water partition coefficient (Wildman–Crippen LogP) is 2.57. The SMILES string of the molecule is CCN(CC)S(=O)(=O)c1cccc(NC(=O)Cn2c(=O)oc3ccc(C)cc32)c1. The molecule has 0 aliphatic rings. The second-order valence-corrected chi connectivity index (χ2v) is 8.53. The van der Waals surface area contributed by atoms with Gasteiger partial charge in [0, 0.05) is 18.8 Å². The summed E-state index contributed by atoms with van der Waals surface area (Å²) < 4.78 is 33.1. The molecule has 0 bridgehead atoms. The molecule has 29 heavy (non-hydrogen) atoms. The summed E-state index contributed by atoms with van der Waals surface area (Å²) in [5.41, 5.74) is 2.20. The van der Waals surface area contributed by atoms with Gasteiger partial charge < -0.3 is 9.73 Å². The van der Waals surface area contributed by atoms with E-state index in [9.17, 15) is 18.0 Å². The maximum Gasteiger partial charge on any atom is 0.420 e. The highest BCUT2D eigenvalue weighted by Crippen LogP contribution is 2.20. The number of hydrogen-bond acceptors (Lipinski definition) is 5. The smallest absolute Gasteiger partial charge is 0.408 e. The van der Waals surface area contributed by atoms with Crippen molar-refractivity contribution in [3.05, 3.63) is 58.6 Å². The molecule has 3 aromatic rings. The van der Waals surface area contributed by atoms with E-state index in [1.807, 2.05) is 13.0 Å². The molecule has 0 atom stereocenters. The van der Waals surface area contributed by atoms with E-state index in [1.54, 1.807) is 38.1 Å². The number of aryl methyl sites for hydroxylation is 1. The molecule has 0 saturated heterocycles. The standard InChI is InChI=1S/C20H23N3O5S/c1-4-22(5-2)29(26,27)16-8-6-7-15(12-16)21-19(24)13-23-17-11-14(3)9-10-18(17)28-20(23)25/h6-12H,4-5,13H2,1-3H3,(H,21,24). The van der Waals surface area contributed by atoms with Gasteiger partial charge in [-0.1, -0.05) is 26.0 Å². The van der Waals surface area contributed by atoms with E-state index in [1.165, 1.54) is 21.0 Å². The molecule has 2 aromatic carbocycles. The monoisotopic (exact) mass is 417 g/mol. The minimum Gasteiger partial charge on any atom is -0.408 e. The number of carbonyl (C=O) groups excluding carboxylic acids is 1. The fraction of sp³-hybridized carbons (Fsp3) is 0.300. The van der Waals surface area contributed by atoms with Gasteiger partial charge in [0.1, 0.15) is 6.54 Å². The van der Waals surface area contributed by atoms with Crippen molar-refractivity contribution in [3.8, 4) is 0 Å². The molecule has 8 nitrogen and oxygen atoms in total. The number of oxazole rings is 1. The number of sulfonamides is 1. The minimum absolute atomic E-state index is 0.0977. The molecule has 9 heteroatoms. The number of carbonyl (C=O) groups is 1. The van der Waals surface area contributed by atoms with Gasteiger partial charge in [0.05, 0.1) is 10.4 Å². The van der Waals surface area contributed by atoms with Gasteiger partial charge in [-0.2, -0.15) is 4.31 Å². The van der Waals surface area contributed by atoms with Crippen molar-refractivity contribution >= 4 is 32.7 Å². The van der Waals surface area contributed by atoms with Crippen LogP contribution in [0.4, 0.5) is 5.69 Å². The third-order valence-corrected chi connectivity index (χ3v) is 6.63. The van der Waals surface area contributed by atoms with Gasteiger partial charge in [0.25, 0.3) is 0 Å². The van der Waals surface area contributed by atoms with Crippen molar-refractivity contribution in [1.29, 1.82) is 0 Å². The van der Waals surface area contributed by atoms with Crippen LogP contribution >= 0.6 is 0 Å². The zero-order valence-corrected chi connectivity index (χ0v) is 17.3. The normalized spacial score (nSPS) is 11.9. The van der Waals surface area contributed by atoms with E-state index in [2.05, 4.69) is 5.32 Å². The van der Waals surface area contributed by atoms with E-state index in [-0.39, 0.29) is 11.4 Å². The minimum atomic E-state index is -3.64. The Bertz CT molecular complexity index is 1210. The van der Waals surface area contributed by atoms with Gasteiger partial charge in [-0.25, -0.2) is 13.2 Å². The van der Waals surface area contributed by atoms with Crippen LogP contribution in [-0.4, -0.2) is 36.3 Å². The first kappa shape index (κ1) is 20.8. The summed E-state index contributed by atoms with van der Waals surface area (Å²) in [4.78, 5) is 24.7. The van der Waals surface area contributed by atoms with Crippen LogP contribution < -0.4 is 11.1 Å². The highest BCUT2D eigenvalue weighted by atomic mass is 32.2. The molecule has 0 fully saturated rings. The summed E-state index contributed by atoms with van der Waals surface area (Å²) in [5.74, 6) is -1.09. The summed E-state index contributed by atoms with van der Waals surface area (Å²) in [6, 6.07) is 11.3. The predicted molar refractivity (Wildman–Crippen MR) is 110 cm³/mol. The van der Waals surface area contributed by atoms with E-state index >= 15 is 0 Å². The molecule has 0 aliphatic carbocycles. The number of rotatable bonds is 7. The highest BCUT2D eigenvalue weighted by Gasteiger charge is 2.22. The molecule has 154 valence electrons. The van der Waals surface area contributed by atoms with Crippen LogP contribution in [0.2, 0.25) is 0 Å². The fourth-order valence-electron chi connectivity index (χ4n) is 3.11. The van der Waals surface area contributed by atoms with Crippen molar-refractivity contribution in [2.45, 2.75) is 32.2 Å². The molecule has 0 unspecified atom stereocenters. The number of nitrogens with zero attached hydrogens (tertiary/aromatic N) is 2. The van der Waals surface area contributed by atoms with Gasteiger partial charge in [0.15, 0.2) is 5.58 Å². The Hall–Kier alpha value is -2.91. The van der Waals surface area contributed by atoms with Gasteiger partial charge in [-0.15, -0.1) is 0 Å². The van der Waals surface area contributed by atoms with Crippen LogP contribution in [0.5, 0.6) is 0 Å². The summed E-state index contributed by atoms with van der Waals surface area (Å²) >= 11 is 0. The van der Waals surface area contributed by atoms with Crippen molar-refractivity contribution < 1.29 is 17.6 Å². The summed E-state index contributed by atoms with van der Waals surface area (Å²) in [5, 5.41) is 2.65. The van der Waals surface area contributed by atoms with Crippen molar-refractivity contribution in [2.75, 3.05) is 18.4 Å². The van der Waals surface area contributed by atoms with Crippen molar-refractivity contribution in [3.63, 3.8) is 0 Å². The number of anilines is 1. The number of nitrogens with one attached hydrogen (secondary N) is 1. The lowest BCUT2D eigenvalue weighted by atomic mass is 10.2. The number of amides is 1. The number of benzene rings is 2. The third kappa shape index (κ3) is 4.25. The quantitative estimate of drug-likeness (QED) is 0.637. The van der Waals surface area contributed by atoms with Crippen LogP contribution in [0.25, 0.3) is 11.1 Å². The van der Waals surface area contributed by atoms with Gasteiger partial charge in [0.2, 0.25) is 15.9 Å². The Balaban J connectivity index is 1.83. The van der Waals surface area contributed by atoms with Gasteiger partial charge >= 0.3 is 5.76 Å². The van der Waals surface area contributed by atoms with Gasteiger partial charge in [-0.05, 0) is 42.8 Å². The molecule has 1 heterocycles. The number of aromatic nitrogens is 1. The zero-order valence-electron chi connectivity index (χ0n) is 16.5. The maximum atomic E-state index is 12.7. The average molecular weight is 417 g/mol. The topological polar surface area (TPSA) is 102 Å². The number of fused-ring (bicyclic) bond motifs is 1. The Morgan fingerprint density at radius 1 is 1.14 bits per heavy atom. The Morgan fingerprint density at radius 2 is 1.86 bits per heavy atom. The molecule has 1 amide bonds. The Morgan fingerprint density at radius 3 is 2.55 bits per heavy atom.